The Bertz CT molecular complexity index is 172. The standard InChI is InChI=1S/C11H23NO2/c1-6-8-11(9-7-2,12(3)4)10(13)14-5/h6-9H2,1-5H3. The van der Waals surface area contributed by atoms with Crippen molar-refractivity contribution in [2.75, 3.05) is 21.2 Å². The minimum absolute atomic E-state index is 0.105. The highest BCUT2D eigenvalue weighted by Gasteiger charge is 2.39. The molecular weight excluding hydrogens is 178 g/mol. The first kappa shape index (κ1) is 13.4. The van der Waals surface area contributed by atoms with E-state index < -0.39 is 5.54 Å². The van der Waals surface area contributed by atoms with Gasteiger partial charge in [0.1, 0.15) is 5.54 Å². The van der Waals surface area contributed by atoms with Gasteiger partial charge in [-0.25, -0.2) is 0 Å². The molecule has 0 atom stereocenters. The third kappa shape index (κ3) is 2.71. The van der Waals surface area contributed by atoms with Crippen LogP contribution in [0.2, 0.25) is 0 Å². The summed E-state index contributed by atoms with van der Waals surface area (Å²) >= 11 is 0. The van der Waals surface area contributed by atoms with Crippen molar-refractivity contribution < 1.29 is 9.53 Å². The Morgan fingerprint density at radius 1 is 1.21 bits per heavy atom. The van der Waals surface area contributed by atoms with Crippen LogP contribution in [0.5, 0.6) is 0 Å². The van der Waals surface area contributed by atoms with Gasteiger partial charge in [0.15, 0.2) is 0 Å². The number of methoxy groups -OCH3 is 1. The van der Waals surface area contributed by atoms with Crippen LogP contribution >= 0.6 is 0 Å². The molecule has 0 saturated heterocycles. The predicted octanol–water partition coefficient (Wildman–Crippen LogP) is 2.06. The molecule has 0 aliphatic heterocycles. The highest BCUT2D eigenvalue weighted by Crippen LogP contribution is 2.26. The first-order valence-electron chi connectivity index (χ1n) is 5.31. The fourth-order valence-corrected chi connectivity index (χ4v) is 1.98. The zero-order chi connectivity index (χ0) is 11.2. The van der Waals surface area contributed by atoms with Gasteiger partial charge in [-0.2, -0.15) is 0 Å². The van der Waals surface area contributed by atoms with Crippen molar-refractivity contribution in [2.24, 2.45) is 0 Å². The molecule has 0 aliphatic rings. The number of nitrogens with zero attached hydrogens (tertiary/aromatic N) is 1. The first-order valence-corrected chi connectivity index (χ1v) is 5.31. The van der Waals surface area contributed by atoms with Gasteiger partial charge >= 0.3 is 5.97 Å². The molecule has 0 aromatic rings. The van der Waals surface area contributed by atoms with Crippen molar-refractivity contribution in [3.63, 3.8) is 0 Å². The molecule has 0 rings (SSSR count). The summed E-state index contributed by atoms with van der Waals surface area (Å²) in [6.45, 7) is 4.19. The number of carbonyl (C=O) groups excluding carboxylic acids is 1. The number of ether oxygens (including phenoxy) is 1. The van der Waals surface area contributed by atoms with Gasteiger partial charge < -0.3 is 4.74 Å². The topological polar surface area (TPSA) is 29.5 Å². The van der Waals surface area contributed by atoms with Gasteiger partial charge in [-0.15, -0.1) is 0 Å². The van der Waals surface area contributed by atoms with Crippen LogP contribution in [0.15, 0.2) is 0 Å². The van der Waals surface area contributed by atoms with E-state index in [0.29, 0.717) is 0 Å². The number of hydrogen-bond donors (Lipinski definition) is 0. The molecule has 3 nitrogen and oxygen atoms in total. The van der Waals surface area contributed by atoms with E-state index in [4.69, 9.17) is 4.74 Å². The summed E-state index contributed by atoms with van der Waals surface area (Å²) in [6.07, 6.45) is 3.71. The molecule has 0 unspecified atom stereocenters. The summed E-state index contributed by atoms with van der Waals surface area (Å²) in [5.74, 6) is -0.105. The van der Waals surface area contributed by atoms with E-state index in [2.05, 4.69) is 13.8 Å². The molecule has 0 spiro atoms. The van der Waals surface area contributed by atoms with Crippen molar-refractivity contribution in [1.82, 2.24) is 4.90 Å². The molecular formula is C11H23NO2. The zero-order valence-electron chi connectivity index (χ0n) is 10.1. The van der Waals surface area contributed by atoms with Crippen LogP contribution in [0, 0.1) is 0 Å². The van der Waals surface area contributed by atoms with Gasteiger partial charge in [0.05, 0.1) is 7.11 Å². The van der Waals surface area contributed by atoms with E-state index in [1.807, 2.05) is 19.0 Å². The minimum atomic E-state index is -0.418. The third-order valence-electron chi connectivity index (χ3n) is 2.75. The second kappa shape index (κ2) is 6.02. The van der Waals surface area contributed by atoms with E-state index in [0.717, 1.165) is 25.7 Å². The maximum Gasteiger partial charge on any atom is 0.326 e. The summed E-state index contributed by atoms with van der Waals surface area (Å²) in [5, 5.41) is 0. The van der Waals surface area contributed by atoms with Crippen molar-refractivity contribution in [1.29, 1.82) is 0 Å². The molecule has 0 aliphatic carbocycles. The Morgan fingerprint density at radius 2 is 1.64 bits per heavy atom. The third-order valence-corrected chi connectivity index (χ3v) is 2.75. The molecule has 3 heteroatoms. The molecule has 0 aromatic carbocycles. The lowest BCUT2D eigenvalue weighted by molar-refractivity contribution is -0.155. The number of esters is 1. The molecule has 0 heterocycles. The summed E-state index contributed by atoms with van der Waals surface area (Å²) in [6, 6.07) is 0. The molecule has 0 saturated carbocycles. The predicted molar refractivity (Wildman–Crippen MR) is 58.3 cm³/mol. The van der Waals surface area contributed by atoms with Crippen LogP contribution in [0.4, 0.5) is 0 Å². The summed E-state index contributed by atoms with van der Waals surface area (Å²) < 4.78 is 4.90. The summed E-state index contributed by atoms with van der Waals surface area (Å²) in [4.78, 5) is 13.8. The lowest BCUT2D eigenvalue weighted by atomic mass is 9.87. The van der Waals surface area contributed by atoms with Gasteiger partial charge in [-0.3, -0.25) is 9.69 Å². The van der Waals surface area contributed by atoms with Gasteiger partial charge in [0.2, 0.25) is 0 Å². The first-order chi connectivity index (χ1) is 6.55. The minimum Gasteiger partial charge on any atom is -0.468 e. The van der Waals surface area contributed by atoms with Crippen molar-refractivity contribution in [2.45, 2.75) is 45.1 Å². The molecule has 0 N–H and O–H groups in total. The lowest BCUT2D eigenvalue weighted by Gasteiger charge is -2.36. The van der Waals surface area contributed by atoms with E-state index in [9.17, 15) is 4.79 Å². The van der Waals surface area contributed by atoms with Crippen LogP contribution in [0.1, 0.15) is 39.5 Å². The SMILES string of the molecule is CCCC(CCC)(C(=O)OC)N(C)C. The number of rotatable bonds is 6. The fourth-order valence-electron chi connectivity index (χ4n) is 1.98. The Labute approximate surface area is 87.4 Å². The maximum absolute atomic E-state index is 11.8. The number of hydrogen-bond acceptors (Lipinski definition) is 3. The van der Waals surface area contributed by atoms with E-state index in [1.165, 1.54) is 7.11 Å². The highest BCUT2D eigenvalue weighted by atomic mass is 16.5. The van der Waals surface area contributed by atoms with E-state index in [-0.39, 0.29) is 5.97 Å². The monoisotopic (exact) mass is 201 g/mol. The zero-order valence-corrected chi connectivity index (χ0v) is 10.1. The normalized spacial score (nSPS) is 11.9. The highest BCUT2D eigenvalue weighted by molar-refractivity contribution is 5.80. The Kier molecular flexibility index (Phi) is 5.77. The molecule has 0 aromatic heterocycles. The van der Waals surface area contributed by atoms with E-state index >= 15 is 0 Å². The summed E-state index contributed by atoms with van der Waals surface area (Å²) in [5.41, 5.74) is -0.418. The molecule has 0 bridgehead atoms. The molecule has 84 valence electrons. The average Bonchev–Trinajstić information content (AvgIpc) is 2.15. The molecule has 14 heavy (non-hydrogen) atoms. The van der Waals surface area contributed by atoms with Crippen LogP contribution in [-0.4, -0.2) is 37.6 Å². The van der Waals surface area contributed by atoms with Crippen molar-refractivity contribution in [3.05, 3.63) is 0 Å². The maximum atomic E-state index is 11.8. The van der Waals surface area contributed by atoms with Crippen molar-refractivity contribution >= 4 is 5.97 Å². The van der Waals surface area contributed by atoms with Gasteiger partial charge in [-0.05, 0) is 26.9 Å². The summed E-state index contributed by atoms with van der Waals surface area (Å²) in [7, 11) is 5.36. The largest absolute Gasteiger partial charge is 0.468 e. The molecule has 0 amide bonds. The van der Waals surface area contributed by atoms with Crippen LogP contribution in [-0.2, 0) is 9.53 Å². The quantitative estimate of drug-likeness (QED) is 0.616. The van der Waals surface area contributed by atoms with Crippen LogP contribution in [0.25, 0.3) is 0 Å². The van der Waals surface area contributed by atoms with Crippen molar-refractivity contribution in [3.8, 4) is 0 Å². The Balaban J connectivity index is 4.82. The molecule has 0 radical (unpaired) electrons. The van der Waals surface area contributed by atoms with Gasteiger partial charge in [-0.1, -0.05) is 26.7 Å². The number of carbonyl (C=O) groups is 1. The smallest absolute Gasteiger partial charge is 0.326 e. The Hall–Kier alpha value is -0.570. The van der Waals surface area contributed by atoms with E-state index in [1.54, 1.807) is 0 Å². The second-order valence-electron chi connectivity index (χ2n) is 3.92. The Morgan fingerprint density at radius 3 is 1.86 bits per heavy atom. The van der Waals surface area contributed by atoms with Crippen LogP contribution in [0.3, 0.4) is 0 Å². The van der Waals surface area contributed by atoms with Gasteiger partial charge in [0, 0.05) is 0 Å². The average molecular weight is 201 g/mol. The number of likely N-dealkylation sites (N-methyl/N-ethyl adjacent to an activating group) is 1. The van der Waals surface area contributed by atoms with Gasteiger partial charge in [0.25, 0.3) is 0 Å². The second-order valence-corrected chi connectivity index (χ2v) is 3.92. The van der Waals surface area contributed by atoms with Crippen LogP contribution < -0.4 is 0 Å². The lowest BCUT2D eigenvalue weighted by Crippen LogP contribution is -2.51. The molecule has 0 fully saturated rings. The fraction of sp³-hybridized carbons (Fsp3) is 0.909.